The van der Waals surface area contributed by atoms with Crippen molar-refractivity contribution in [1.82, 2.24) is 9.78 Å². The summed E-state index contributed by atoms with van der Waals surface area (Å²) < 4.78 is 2.12. The zero-order valence-electron chi connectivity index (χ0n) is 6.00. The molecule has 0 aromatic carbocycles. The topological polar surface area (TPSA) is 17.8 Å². The number of hydrogen-bond donors (Lipinski definition) is 0. The van der Waals surface area contributed by atoms with Gasteiger partial charge in [-0.05, 0) is 25.2 Å². The van der Waals surface area contributed by atoms with Crippen molar-refractivity contribution in [3.05, 3.63) is 11.8 Å². The van der Waals surface area contributed by atoms with Crippen LogP contribution in [0.3, 0.4) is 0 Å². The van der Waals surface area contributed by atoms with Crippen LogP contribution in [0.1, 0.15) is 12.1 Å². The highest BCUT2D eigenvalue weighted by Gasteiger charge is 2.12. The first kappa shape index (κ1) is 6.28. The number of hydrogen-bond acceptors (Lipinski definition) is 2. The highest BCUT2D eigenvalue weighted by atomic mass is 32.2. The van der Waals surface area contributed by atoms with E-state index in [-0.39, 0.29) is 0 Å². The van der Waals surface area contributed by atoms with E-state index in [2.05, 4.69) is 22.1 Å². The second kappa shape index (κ2) is 2.31. The van der Waals surface area contributed by atoms with Crippen molar-refractivity contribution < 1.29 is 0 Å². The molecule has 0 saturated heterocycles. The summed E-state index contributed by atoms with van der Waals surface area (Å²) in [5.41, 5.74) is 1.41. The molecule has 0 bridgehead atoms. The molecule has 2 rings (SSSR count). The lowest BCUT2D eigenvalue weighted by Gasteiger charge is -1.89. The Morgan fingerprint density at radius 1 is 1.70 bits per heavy atom. The standard InChI is InChI=1S/C7H10N2S/c1-10-7-5-6-3-2-4-9(6)8-7/h5H,2-4H2,1H3. The largest absolute Gasteiger partial charge is 0.268 e. The van der Waals surface area contributed by atoms with E-state index in [1.807, 2.05) is 0 Å². The first-order valence-corrected chi connectivity index (χ1v) is 4.73. The predicted octanol–water partition coefficient (Wildman–Crippen LogP) is 1.55. The summed E-state index contributed by atoms with van der Waals surface area (Å²) in [5.74, 6) is 0. The summed E-state index contributed by atoms with van der Waals surface area (Å²) >= 11 is 1.72. The molecule has 0 radical (unpaired) electrons. The highest BCUT2D eigenvalue weighted by molar-refractivity contribution is 7.98. The van der Waals surface area contributed by atoms with Gasteiger partial charge in [-0.3, -0.25) is 4.68 Å². The van der Waals surface area contributed by atoms with Crippen molar-refractivity contribution >= 4 is 11.8 Å². The van der Waals surface area contributed by atoms with Crippen LogP contribution < -0.4 is 0 Å². The summed E-state index contributed by atoms with van der Waals surface area (Å²) in [6, 6.07) is 2.19. The first-order chi connectivity index (χ1) is 4.90. The number of aryl methyl sites for hydroxylation is 2. The molecule has 0 unspecified atom stereocenters. The molecule has 3 heteroatoms. The molecule has 0 saturated carbocycles. The number of rotatable bonds is 1. The van der Waals surface area contributed by atoms with E-state index in [1.165, 1.54) is 18.5 Å². The van der Waals surface area contributed by atoms with Crippen LogP contribution in [0.15, 0.2) is 11.1 Å². The summed E-state index contributed by atoms with van der Waals surface area (Å²) in [5, 5.41) is 5.55. The molecule has 0 atom stereocenters. The van der Waals surface area contributed by atoms with E-state index in [1.54, 1.807) is 11.8 Å². The zero-order valence-corrected chi connectivity index (χ0v) is 6.82. The molecule has 54 valence electrons. The zero-order chi connectivity index (χ0) is 6.97. The molecule has 0 spiro atoms. The maximum atomic E-state index is 4.39. The minimum absolute atomic E-state index is 1.12. The minimum Gasteiger partial charge on any atom is -0.268 e. The van der Waals surface area contributed by atoms with E-state index >= 15 is 0 Å². The van der Waals surface area contributed by atoms with Gasteiger partial charge in [0.2, 0.25) is 0 Å². The van der Waals surface area contributed by atoms with E-state index in [9.17, 15) is 0 Å². The van der Waals surface area contributed by atoms with Crippen molar-refractivity contribution in [3.63, 3.8) is 0 Å². The van der Waals surface area contributed by atoms with Crippen LogP contribution in [0.2, 0.25) is 0 Å². The van der Waals surface area contributed by atoms with E-state index < -0.39 is 0 Å². The quantitative estimate of drug-likeness (QED) is 0.571. The molecular formula is C7H10N2S. The van der Waals surface area contributed by atoms with Gasteiger partial charge in [-0.1, -0.05) is 0 Å². The molecule has 2 heterocycles. The Kier molecular flexibility index (Phi) is 1.45. The van der Waals surface area contributed by atoms with Gasteiger partial charge in [0.05, 0.1) is 0 Å². The van der Waals surface area contributed by atoms with Crippen LogP contribution in [0.4, 0.5) is 0 Å². The van der Waals surface area contributed by atoms with Crippen molar-refractivity contribution in [2.75, 3.05) is 6.26 Å². The Bertz CT molecular complexity index is 220. The maximum Gasteiger partial charge on any atom is 0.118 e. The molecule has 0 amide bonds. The van der Waals surface area contributed by atoms with E-state index in [4.69, 9.17) is 0 Å². The van der Waals surface area contributed by atoms with Gasteiger partial charge in [0.15, 0.2) is 0 Å². The Labute approximate surface area is 64.6 Å². The van der Waals surface area contributed by atoms with Crippen LogP contribution in [-0.4, -0.2) is 16.0 Å². The first-order valence-electron chi connectivity index (χ1n) is 3.51. The lowest BCUT2D eigenvalue weighted by Crippen LogP contribution is -1.93. The van der Waals surface area contributed by atoms with E-state index in [0.717, 1.165) is 11.6 Å². The molecule has 1 aromatic rings. The van der Waals surface area contributed by atoms with Gasteiger partial charge >= 0.3 is 0 Å². The van der Waals surface area contributed by atoms with E-state index in [0.29, 0.717) is 0 Å². The lowest BCUT2D eigenvalue weighted by atomic mass is 10.3. The van der Waals surface area contributed by atoms with Gasteiger partial charge in [0.25, 0.3) is 0 Å². The van der Waals surface area contributed by atoms with Gasteiger partial charge in [0.1, 0.15) is 5.03 Å². The van der Waals surface area contributed by atoms with Gasteiger partial charge in [0, 0.05) is 12.2 Å². The Balaban J connectivity index is 2.37. The molecular weight excluding hydrogens is 144 g/mol. The second-order valence-corrected chi connectivity index (χ2v) is 3.33. The molecule has 1 aliphatic rings. The molecule has 0 aliphatic carbocycles. The average Bonchev–Trinajstić information content (AvgIpc) is 2.42. The summed E-state index contributed by atoms with van der Waals surface area (Å²) in [7, 11) is 0. The number of thioether (sulfide) groups is 1. The van der Waals surface area contributed by atoms with Crippen molar-refractivity contribution in [1.29, 1.82) is 0 Å². The molecule has 10 heavy (non-hydrogen) atoms. The number of fused-ring (bicyclic) bond motifs is 1. The Morgan fingerprint density at radius 2 is 2.60 bits per heavy atom. The molecule has 1 aliphatic heterocycles. The van der Waals surface area contributed by atoms with Crippen molar-refractivity contribution in [3.8, 4) is 0 Å². The van der Waals surface area contributed by atoms with Crippen LogP contribution in [0.25, 0.3) is 0 Å². The number of nitrogens with zero attached hydrogens (tertiary/aromatic N) is 2. The van der Waals surface area contributed by atoms with Crippen LogP contribution in [0, 0.1) is 0 Å². The smallest absolute Gasteiger partial charge is 0.118 e. The van der Waals surface area contributed by atoms with Gasteiger partial charge in [-0.25, -0.2) is 0 Å². The third kappa shape index (κ3) is 0.850. The fraction of sp³-hybridized carbons (Fsp3) is 0.571. The number of aromatic nitrogens is 2. The summed E-state index contributed by atoms with van der Waals surface area (Å²) in [4.78, 5) is 0. The van der Waals surface area contributed by atoms with Gasteiger partial charge in [-0.2, -0.15) is 5.10 Å². The second-order valence-electron chi connectivity index (χ2n) is 2.50. The molecule has 2 nitrogen and oxygen atoms in total. The van der Waals surface area contributed by atoms with Crippen LogP contribution >= 0.6 is 11.8 Å². The van der Waals surface area contributed by atoms with Crippen molar-refractivity contribution in [2.24, 2.45) is 0 Å². The predicted molar refractivity (Wildman–Crippen MR) is 42.3 cm³/mol. The molecule has 1 aromatic heterocycles. The van der Waals surface area contributed by atoms with Crippen LogP contribution in [0.5, 0.6) is 0 Å². The summed E-state index contributed by atoms with van der Waals surface area (Å²) in [6.07, 6.45) is 4.56. The third-order valence-corrected chi connectivity index (χ3v) is 2.47. The molecule has 0 N–H and O–H groups in total. The third-order valence-electron chi connectivity index (χ3n) is 1.85. The normalized spacial score (nSPS) is 15.7. The van der Waals surface area contributed by atoms with Gasteiger partial charge in [-0.15, -0.1) is 11.8 Å². The monoisotopic (exact) mass is 154 g/mol. The fourth-order valence-corrected chi connectivity index (χ4v) is 1.77. The van der Waals surface area contributed by atoms with Gasteiger partial charge < -0.3 is 0 Å². The van der Waals surface area contributed by atoms with Crippen LogP contribution in [-0.2, 0) is 13.0 Å². The highest BCUT2D eigenvalue weighted by Crippen LogP contribution is 2.20. The average molecular weight is 154 g/mol. The fourth-order valence-electron chi connectivity index (χ4n) is 1.33. The SMILES string of the molecule is CSc1cc2n(n1)CCC2. The lowest BCUT2D eigenvalue weighted by molar-refractivity contribution is 0.638. The van der Waals surface area contributed by atoms with Crippen molar-refractivity contribution in [2.45, 2.75) is 24.4 Å². The summed E-state index contributed by atoms with van der Waals surface area (Å²) in [6.45, 7) is 1.12. The Morgan fingerprint density at radius 3 is 3.30 bits per heavy atom. The Hall–Kier alpha value is -0.440. The molecule has 0 fully saturated rings. The maximum absolute atomic E-state index is 4.39. The minimum atomic E-state index is 1.12.